The molecule has 2 heterocycles. The first kappa shape index (κ1) is 18.6. The highest BCUT2D eigenvalue weighted by Crippen LogP contribution is 2.16. The van der Waals surface area contributed by atoms with Gasteiger partial charge in [-0.1, -0.05) is 30.3 Å². The second kappa shape index (κ2) is 8.44. The molecular weight excluding hydrogens is 340 g/mol. The van der Waals surface area contributed by atoms with Crippen LogP contribution in [0.5, 0.6) is 0 Å². The molecule has 2 N–H and O–H groups in total. The quantitative estimate of drug-likeness (QED) is 0.700. The lowest BCUT2D eigenvalue weighted by molar-refractivity contribution is 0.252. The topological polar surface area (TPSA) is 84.7 Å². The van der Waals surface area contributed by atoms with Gasteiger partial charge in [0.25, 0.3) is 0 Å². The molecule has 0 bridgehead atoms. The monoisotopic (exact) mass is 364 g/mol. The average molecular weight is 364 g/mol. The lowest BCUT2D eigenvalue weighted by Gasteiger charge is -2.12. The number of hydrogen-bond donors (Lipinski definition) is 2. The smallest absolute Gasteiger partial charge is 0.320 e. The van der Waals surface area contributed by atoms with Crippen LogP contribution in [0.15, 0.2) is 48.7 Å². The number of rotatable bonds is 6. The van der Waals surface area contributed by atoms with E-state index in [1.807, 2.05) is 63.2 Å². The van der Waals surface area contributed by atoms with Gasteiger partial charge in [-0.2, -0.15) is 5.10 Å². The van der Waals surface area contributed by atoms with Gasteiger partial charge in [-0.25, -0.2) is 19.4 Å². The number of nitrogens with zero attached hydrogens (tertiary/aromatic N) is 4. The van der Waals surface area contributed by atoms with E-state index in [0.717, 1.165) is 17.0 Å². The molecule has 140 valence electrons. The zero-order valence-electron chi connectivity index (χ0n) is 15.8. The molecular formula is C20H24N6O. The first-order valence-corrected chi connectivity index (χ1v) is 9.01. The number of carbonyl (C=O) groups excluding carboxylic acids is 1. The number of nitrogens with one attached hydrogen (secondary N) is 2. The van der Waals surface area contributed by atoms with Crippen molar-refractivity contribution in [3.05, 3.63) is 60.2 Å². The van der Waals surface area contributed by atoms with Gasteiger partial charge < -0.3 is 5.32 Å². The summed E-state index contributed by atoms with van der Waals surface area (Å²) in [5.74, 6) is 1.38. The molecule has 2 amide bonds. The van der Waals surface area contributed by atoms with Crippen molar-refractivity contribution in [2.45, 2.75) is 33.2 Å². The Morgan fingerprint density at radius 1 is 1.19 bits per heavy atom. The number of aromatic nitrogens is 4. The highest BCUT2D eigenvalue weighted by Gasteiger charge is 2.11. The summed E-state index contributed by atoms with van der Waals surface area (Å²) in [5, 5.41) is 10.1. The molecule has 27 heavy (non-hydrogen) atoms. The van der Waals surface area contributed by atoms with Crippen LogP contribution >= 0.6 is 0 Å². The molecule has 2 aromatic heterocycles. The van der Waals surface area contributed by atoms with Crippen LogP contribution in [0.2, 0.25) is 0 Å². The molecule has 0 aliphatic carbocycles. The maximum absolute atomic E-state index is 12.2. The number of anilines is 1. The summed E-state index contributed by atoms with van der Waals surface area (Å²) in [6.45, 7) is 6.39. The van der Waals surface area contributed by atoms with E-state index >= 15 is 0 Å². The fraction of sp³-hybridized carbons (Fsp3) is 0.300. The van der Waals surface area contributed by atoms with Gasteiger partial charge in [0.2, 0.25) is 0 Å². The van der Waals surface area contributed by atoms with E-state index in [4.69, 9.17) is 0 Å². The third-order valence-electron chi connectivity index (χ3n) is 4.00. The highest BCUT2D eigenvalue weighted by atomic mass is 16.2. The van der Waals surface area contributed by atoms with Crippen LogP contribution in [0.1, 0.15) is 31.4 Å². The van der Waals surface area contributed by atoms with E-state index < -0.39 is 0 Å². The first-order valence-electron chi connectivity index (χ1n) is 9.01. The summed E-state index contributed by atoms with van der Waals surface area (Å²) in [4.78, 5) is 21.0. The van der Waals surface area contributed by atoms with Crippen molar-refractivity contribution in [2.24, 2.45) is 0 Å². The van der Waals surface area contributed by atoms with Crippen LogP contribution in [0.4, 0.5) is 10.6 Å². The van der Waals surface area contributed by atoms with Crippen LogP contribution in [-0.4, -0.2) is 32.3 Å². The van der Waals surface area contributed by atoms with Crippen LogP contribution in [0.25, 0.3) is 11.3 Å². The van der Waals surface area contributed by atoms with Crippen molar-refractivity contribution >= 4 is 11.8 Å². The van der Waals surface area contributed by atoms with Gasteiger partial charge in [0.05, 0.1) is 11.4 Å². The molecule has 3 rings (SSSR count). The van der Waals surface area contributed by atoms with Crippen molar-refractivity contribution < 1.29 is 4.79 Å². The summed E-state index contributed by atoms with van der Waals surface area (Å²) >= 11 is 0. The number of urea groups is 1. The molecule has 1 aromatic carbocycles. The molecule has 0 radical (unpaired) electrons. The predicted octanol–water partition coefficient (Wildman–Crippen LogP) is 3.59. The third-order valence-corrected chi connectivity index (χ3v) is 4.00. The minimum atomic E-state index is -0.268. The second-order valence-corrected chi connectivity index (χ2v) is 6.56. The largest absolute Gasteiger partial charge is 0.337 e. The first-order chi connectivity index (χ1) is 13.0. The molecule has 0 atom stereocenters. The van der Waals surface area contributed by atoms with Gasteiger partial charge in [0.1, 0.15) is 11.6 Å². The standard InChI is InChI=1S/C20H24N6O/c1-14(2)26-19(13-15(3)25-26)24-20(27)22-12-10-18-21-11-9-17(23-18)16-7-5-4-6-8-16/h4-9,11,13-14H,10,12H2,1-3H3,(H2,22,24,27). The summed E-state index contributed by atoms with van der Waals surface area (Å²) in [7, 11) is 0. The molecule has 0 saturated carbocycles. The second-order valence-electron chi connectivity index (χ2n) is 6.56. The Morgan fingerprint density at radius 3 is 2.70 bits per heavy atom. The lowest BCUT2D eigenvalue weighted by atomic mass is 10.1. The third kappa shape index (κ3) is 4.91. The maximum atomic E-state index is 12.2. The molecule has 0 aliphatic rings. The summed E-state index contributed by atoms with van der Waals surface area (Å²) in [6, 6.07) is 13.6. The molecule has 0 aliphatic heterocycles. The molecule has 7 nitrogen and oxygen atoms in total. The highest BCUT2D eigenvalue weighted by molar-refractivity contribution is 5.88. The van der Waals surface area contributed by atoms with Gasteiger partial charge >= 0.3 is 6.03 Å². The van der Waals surface area contributed by atoms with Crippen molar-refractivity contribution in [1.29, 1.82) is 0 Å². The minimum absolute atomic E-state index is 0.170. The molecule has 0 saturated heterocycles. The summed E-state index contributed by atoms with van der Waals surface area (Å²) in [5.41, 5.74) is 2.79. The van der Waals surface area contributed by atoms with E-state index in [-0.39, 0.29) is 12.1 Å². The molecule has 0 unspecified atom stereocenters. The van der Waals surface area contributed by atoms with Crippen molar-refractivity contribution in [1.82, 2.24) is 25.1 Å². The zero-order valence-corrected chi connectivity index (χ0v) is 15.8. The number of benzene rings is 1. The normalized spacial score (nSPS) is 10.8. The fourth-order valence-corrected chi connectivity index (χ4v) is 2.74. The number of amides is 2. The van der Waals surface area contributed by atoms with E-state index in [1.165, 1.54) is 0 Å². The number of carbonyl (C=O) groups is 1. The van der Waals surface area contributed by atoms with Crippen LogP contribution in [0, 0.1) is 6.92 Å². The molecule has 3 aromatic rings. The maximum Gasteiger partial charge on any atom is 0.320 e. The fourth-order valence-electron chi connectivity index (χ4n) is 2.74. The minimum Gasteiger partial charge on any atom is -0.337 e. The lowest BCUT2D eigenvalue weighted by Crippen LogP contribution is -2.31. The van der Waals surface area contributed by atoms with E-state index in [1.54, 1.807) is 10.9 Å². The summed E-state index contributed by atoms with van der Waals surface area (Å²) < 4.78 is 1.79. The number of aryl methyl sites for hydroxylation is 1. The Balaban J connectivity index is 1.55. The Hall–Kier alpha value is -3.22. The van der Waals surface area contributed by atoms with Crippen LogP contribution in [0.3, 0.4) is 0 Å². The predicted molar refractivity (Wildman–Crippen MR) is 106 cm³/mol. The molecule has 0 fully saturated rings. The Kier molecular flexibility index (Phi) is 5.80. The summed E-state index contributed by atoms with van der Waals surface area (Å²) in [6.07, 6.45) is 2.30. The van der Waals surface area contributed by atoms with E-state index in [9.17, 15) is 4.79 Å². The SMILES string of the molecule is Cc1cc(NC(=O)NCCc2nccc(-c3ccccc3)n2)n(C(C)C)n1. The van der Waals surface area contributed by atoms with E-state index in [2.05, 4.69) is 25.7 Å². The molecule has 0 spiro atoms. The molecule has 7 heteroatoms. The Morgan fingerprint density at radius 2 is 1.96 bits per heavy atom. The Bertz CT molecular complexity index is 904. The van der Waals surface area contributed by atoms with Gasteiger partial charge in [0.15, 0.2) is 0 Å². The van der Waals surface area contributed by atoms with Crippen molar-refractivity contribution in [3.8, 4) is 11.3 Å². The van der Waals surface area contributed by atoms with Crippen LogP contribution in [-0.2, 0) is 6.42 Å². The van der Waals surface area contributed by atoms with Gasteiger partial charge in [-0.3, -0.25) is 5.32 Å². The van der Waals surface area contributed by atoms with Crippen molar-refractivity contribution in [3.63, 3.8) is 0 Å². The Labute approximate surface area is 158 Å². The van der Waals surface area contributed by atoms with Gasteiger partial charge in [0, 0.05) is 36.8 Å². The van der Waals surface area contributed by atoms with Gasteiger partial charge in [-0.05, 0) is 26.8 Å². The number of hydrogen-bond acceptors (Lipinski definition) is 4. The van der Waals surface area contributed by atoms with Gasteiger partial charge in [-0.15, -0.1) is 0 Å². The zero-order chi connectivity index (χ0) is 19.2. The average Bonchev–Trinajstić information content (AvgIpc) is 3.03. The van der Waals surface area contributed by atoms with Crippen molar-refractivity contribution in [2.75, 3.05) is 11.9 Å². The van der Waals surface area contributed by atoms with E-state index in [0.29, 0.717) is 24.6 Å². The van der Waals surface area contributed by atoms with Crippen LogP contribution < -0.4 is 10.6 Å².